The number of ether oxygens (including phenoxy) is 3. The van der Waals surface area contributed by atoms with Gasteiger partial charge in [0.15, 0.2) is 0 Å². The molecule has 6 unspecified atom stereocenters. The van der Waals surface area contributed by atoms with Gasteiger partial charge in [-0.25, -0.2) is 17.9 Å². The van der Waals surface area contributed by atoms with E-state index in [-0.39, 0.29) is 34.6 Å². The summed E-state index contributed by atoms with van der Waals surface area (Å²) < 4.78 is 45.8. The van der Waals surface area contributed by atoms with Crippen LogP contribution in [0.25, 0.3) is 0 Å². The smallest absolute Gasteiger partial charge is 0.315 e. The standard InChI is InChI=1S/C32H58Cl2N4O6S/c1-23-6-8-26(9-7-23)37-32(39)35-10-12-42-14-16-44-17-15-43-13-11-36-45(40,41)27-5-3-4-24(18-27)29-21-38(2)22-30-28(29)19-25(33)20-31(30)34/h23-31,36H,3-22H2,1-2H3,(H2,35,37,39)/t23?,24?,25?,26?,27?,28?,29-,30?,31?/m0/s1. The van der Waals surface area contributed by atoms with Crippen molar-refractivity contribution in [1.29, 1.82) is 0 Å². The molecule has 4 aliphatic rings. The van der Waals surface area contributed by atoms with Gasteiger partial charge in [0.2, 0.25) is 10.0 Å². The largest absolute Gasteiger partial charge is 0.378 e. The lowest BCUT2D eigenvalue weighted by Crippen LogP contribution is -2.54. The van der Waals surface area contributed by atoms with Crippen LogP contribution < -0.4 is 15.4 Å². The maximum atomic E-state index is 13.2. The highest BCUT2D eigenvalue weighted by Gasteiger charge is 2.47. The molecule has 13 heteroatoms. The van der Waals surface area contributed by atoms with Crippen LogP contribution in [0.2, 0.25) is 0 Å². The predicted molar refractivity (Wildman–Crippen MR) is 180 cm³/mol. The molecule has 1 heterocycles. The molecular formula is C32H58Cl2N4O6S. The Hall–Kier alpha value is -0.400. The van der Waals surface area contributed by atoms with E-state index in [4.69, 9.17) is 37.4 Å². The SMILES string of the molecule is CC1CCC(NC(=O)NCCOCCOCCOCCNS(=O)(=O)C2CCCC([C@@H]3CN(C)CC4C(Cl)CC(Cl)CC43)C2)CC1. The molecule has 7 atom stereocenters. The van der Waals surface area contributed by atoms with Crippen LogP contribution in [-0.4, -0.2) is 114 Å². The number of urea groups is 1. The molecule has 3 aliphatic carbocycles. The van der Waals surface area contributed by atoms with Crippen molar-refractivity contribution < 1.29 is 27.4 Å². The summed E-state index contributed by atoms with van der Waals surface area (Å²) in [6, 6.07) is 0.152. The number of amides is 2. The Morgan fingerprint density at radius 1 is 0.800 bits per heavy atom. The number of hydrogen-bond donors (Lipinski definition) is 3. The Kier molecular flexibility index (Phi) is 15.8. The highest BCUT2D eigenvalue weighted by atomic mass is 35.5. The van der Waals surface area contributed by atoms with Gasteiger partial charge in [0.1, 0.15) is 0 Å². The molecule has 2 amide bonds. The van der Waals surface area contributed by atoms with Gasteiger partial charge >= 0.3 is 6.03 Å². The fourth-order valence-corrected chi connectivity index (χ4v) is 10.6. The molecule has 1 aliphatic heterocycles. The molecule has 0 bridgehead atoms. The second-order valence-corrected chi connectivity index (χ2v) is 17.2. The van der Waals surface area contributed by atoms with Crippen LogP contribution >= 0.6 is 23.2 Å². The Labute approximate surface area is 281 Å². The normalized spacial score (nSPS) is 34.6. The van der Waals surface area contributed by atoms with E-state index in [1.165, 1.54) is 12.8 Å². The van der Waals surface area contributed by atoms with Crippen molar-refractivity contribution in [2.24, 2.45) is 29.6 Å². The number of rotatable bonds is 16. The van der Waals surface area contributed by atoms with E-state index in [0.717, 1.165) is 57.5 Å². The lowest BCUT2D eigenvalue weighted by Gasteiger charge is -2.51. The van der Waals surface area contributed by atoms with Crippen LogP contribution in [0.4, 0.5) is 4.79 Å². The highest BCUT2D eigenvalue weighted by Crippen LogP contribution is 2.48. The highest BCUT2D eigenvalue weighted by molar-refractivity contribution is 7.90. The van der Waals surface area contributed by atoms with E-state index in [9.17, 15) is 13.2 Å². The molecule has 4 fully saturated rings. The van der Waals surface area contributed by atoms with E-state index < -0.39 is 10.0 Å². The Morgan fingerprint density at radius 2 is 1.44 bits per heavy atom. The average Bonchev–Trinajstić information content (AvgIpc) is 3.00. The summed E-state index contributed by atoms with van der Waals surface area (Å²) in [5.74, 6) is 2.50. The third-order valence-electron chi connectivity index (χ3n) is 10.5. The molecule has 4 rings (SSSR count). The molecule has 1 saturated heterocycles. The van der Waals surface area contributed by atoms with Gasteiger partial charge in [0, 0.05) is 43.0 Å². The molecule has 0 aromatic rings. The third kappa shape index (κ3) is 12.2. The number of piperidine rings is 1. The van der Waals surface area contributed by atoms with Crippen LogP contribution in [0.5, 0.6) is 0 Å². The minimum absolute atomic E-state index is 0.100. The van der Waals surface area contributed by atoms with Crippen LogP contribution in [0, 0.1) is 29.6 Å². The lowest BCUT2D eigenvalue weighted by molar-refractivity contribution is 0.0109. The number of fused-ring (bicyclic) bond motifs is 1. The van der Waals surface area contributed by atoms with Crippen molar-refractivity contribution in [2.75, 3.05) is 72.9 Å². The van der Waals surface area contributed by atoms with E-state index >= 15 is 0 Å². The summed E-state index contributed by atoms with van der Waals surface area (Å²) in [6.45, 7) is 7.36. The van der Waals surface area contributed by atoms with E-state index in [1.807, 2.05) is 0 Å². The first-order valence-electron chi connectivity index (χ1n) is 17.3. The maximum absolute atomic E-state index is 13.2. The number of sulfonamides is 1. The first-order valence-corrected chi connectivity index (χ1v) is 19.8. The zero-order chi connectivity index (χ0) is 32.2. The molecule has 0 spiro atoms. The molecule has 0 aromatic heterocycles. The Balaban J connectivity index is 1.01. The summed E-state index contributed by atoms with van der Waals surface area (Å²) in [5.41, 5.74) is 0. The predicted octanol–water partition coefficient (Wildman–Crippen LogP) is 4.19. The second kappa shape index (κ2) is 19.0. The van der Waals surface area contributed by atoms with Crippen LogP contribution in [0.1, 0.15) is 71.1 Å². The van der Waals surface area contributed by atoms with Crippen molar-refractivity contribution in [3.63, 3.8) is 0 Å². The summed E-state index contributed by atoms with van der Waals surface area (Å²) in [5, 5.41) is 5.73. The van der Waals surface area contributed by atoms with Gasteiger partial charge in [-0.1, -0.05) is 19.8 Å². The van der Waals surface area contributed by atoms with Crippen molar-refractivity contribution in [1.82, 2.24) is 20.3 Å². The monoisotopic (exact) mass is 696 g/mol. The zero-order valence-corrected chi connectivity index (χ0v) is 29.7. The first-order chi connectivity index (χ1) is 21.6. The Morgan fingerprint density at radius 3 is 2.16 bits per heavy atom. The number of likely N-dealkylation sites (tertiary alicyclic amines) is 1. The van der Waals surface area contributed by atoms with E-state index in [0.29, 0.717) is 82.7 Å². The molecule has 45 heavy (non-hydrogen) atoms. The van der Waals surface area contributed by atoms with Gasteiger partial charge < -0.3 is 29.7 Å². The number of carbonyl (C=O) groups is 1. The van der Waals surface area contributed by atoms with Crippen molar-refractivity contribution >= 4 is 39.3 Å². The molecular weight excluding hydrogens is 639 g/mol. The van der Waals surface area contributed by atoms with Gasteiger partial charge in [-0.05, 0) is 88.0 Å². The lowest BCUT2D eigenvalue weighted by atomic mass is 9.63. The maximum Gasteiger partial charge on any atom is 0.315 e. The summed E-state index contributed by atoms with van der Waals surface area (Å²) in [4.78, 5) is 14.4. The number of nitrogens with zero attached hydrogens (tertiary/aromatic N) is 1. The third-order valence-corrected chi connectivity index (χ3v) is 13.3. The van der Waals surface area contributed by atoms with Crippen molar-refractivity contribution in [3.8, 4) is 0 Å². The number of halogens is 2. The van der Waals surface area contributed by atoms with Gasteiger partial charge in [0.25, 0.3) is 0 Å². The minimum Gasteiger partial charge on any atom is -0.378 e. The van der Waals surface area contributed by atoms with Gasteiger partial charge in [-0.15, -0.1) is 23.2 Å². The Bertz CT molecular complexity index is 989. The first kappa shape index (κ1) is 37.4. The molecule has 3 N–H and O–H groups in total. The van der Waals surface area contributed by atoms with Crippen molar-refractivity contribution in [2.45, 2.75) is 93.2 Å². The minimum atomic E-state index is -3.42. The number of carbonyl (C=O) groups excluding carboxylic acids is 1. The number of nitrogens with one attached hydrogen (secondary N) is 3. The fraction of sp³-hybridized carbons (Fsp3) is 0.969. The second-order valence-electron chi connectivity index (χ2n) is 14.0. The topological polar surface area (TPSA) is 118 Å². The van der Waals surface area contributed by atoms with Gasteiger partial charge in [-0.3, -0.25) is 0 Å². The van der Waals surface area contributed by atoms with Gasteiger partial charge in [-0.2, -0.15) is 0 Å². The average molecular weight is 698 g/mol. The quantitative estimate of drug-likeness (QED) is 0.164. The molecule has 262 valence electrons. The molecule has 0 radical (unpaired) electrons. The summed E-state index contributed by atoms with van der Waals surface area (Å²) >= 11 is 13.4. The van der Waals surface area contributed by atoms with Gasteiger partial charge in [0.05, 0.1) is 44.9 Å². The van der Waals surface area contributed by atoms with Crippen molar-refractivity contribution in [3.05, 3.63) is 0 Å². The number of hydrogen-bond acceptors (Lipinski definition) is 7. The van der Waals surface area contributed by atoms with E-state index in [1.54, 1.807) is 0 Å². The summed E-state index contributed by atoms with van der Waals surface area (Å²) in [7, 11) is -1.26. The van der Waals surface area contributed by atoms with E-state index in [2.05, 4.69) is 34.2 Å². The van der Waals surface area contributed by atoms with Crippen LogP contribution in [-0.2, 0) is 24.2 Å². The molecule has 0 aromatic carbocycles. The van der Waals surface area contributed by atoms with Crippen LogP contribution in [0.3, 0.4) is 0 Å². The molecule has 3 saturated carbocycles. The van der Waals surface area contributed by atoms with Crippen LogP contribution in [0.15, 0.2) is 0 Å². The molecule has 10 nitrogen and oxygen atoms in total. The zero-order valence-electron chi connectivity index (χ0n) is 27.4. The fourth-order valence-electron chi connectivity index (χ4n) is 8.07. The number of alkyl halides is 2. The summed E-state index contributed by atoms with van der Waals surface area (Å²) in [6.07, 6.45) is 9.72.